The van der Waals surface area contributed by atoms with Gasteiger partial charge >= 0.3 is 0 Å². The smallest absolute Gasteiger partial charge is 0.0818 e. The largest absolute Gasteiger partial charge is 0.388 e. The van der Waals surface area contributed by atoms with E-state index >= 15 is 0 Å². The Hall–Kier alpha value is -0.240. The summed E-state index contributed by atoms with van der Waals surface area (Å²) in [6.45, 7) is 4.29. The molecule has 1 aromatic rings. The van der Waals surface area contributed by atoms with Crippen LogP contribution in [-0.4, -0.2) is 5.11 Å². The Morgan fingerprint density at radius 2 is 1.65 bits per heavy atom. The summed E-state index contributed by atoms with van der Waals surface area (Å²) in [5, 5.41) is 11.4. The summed E-state index contributed by atoms with van der Waals surface area (Å²) in [6.07, 6.45) is 3.81. The molecule has 1 aromatic carbocycles. The normalized spacial score (nSPS) is 13.1. The Balaban J connectivity index is 2.84. The predicted octanol–water partition coefficient (Wildman–Crippen LogP) is 5.24. The van der Waals surface area contributed by atoms with Gasteiger partial charge in [0.15, 0.2) is 0 Å². The van der Waals surface area contributed by atoms with E-state index < -0.39 is 6.10 Å². The predicted molar refractivity (Wildman–Crippen MR) is 74.7 cm³/mol. The molecule has 0 spiro atoms. The number of aliphatic hydroxyl groups excluding tert-OH is 1. The molecule has 0 heterocycles. The van der Waals surface area contributed by atoms with E-state index in [0.717, 1.165) is 31.2 Å². The highest BCUT2D eigenvalue weighted by Crippen LogP contribution is 2.32. The molecular formula is C14H20Cl2O. The monoisotopic (exact) mass is 274 g/mol. The van der Waals surface area contributed by atoms with Crippen molar-refractivity contribution in [2.45, 2.75) is 45.6 Å². The first kappa shape index (κ1) is 14.8. The SMILES string of the molecule is CCCC(CCC)C(O)c1ccc(Cl)c(Cl)c1. The topological polar surface area (TPSA) is 20.2 Å². The molecule has 0 aromatic heterocycles. The second-order valence-electron chi connectivity index (χ2n) is 4.46. The minimum absolute atomic E-state index is 0.308. The van der Waals surface area contributed by atoms with Crippen molar-refractivity contribution in [3.8, 4) is 0 Å². The fourth-order valence-electron chi connectivity index (χ4n) is 2.17. The first-order valence-corrected chi connectivity index (χ1v) is 6.98. The third-order valence-electron chi connectivity index (χ3n) is 3.05. The van der Waals surface area contributed by atoms with Crippen LogP contribution in [0.2, 0.25) is 10.0 Å². The quantitative estimate of drug-likeness (QED) is 0.752. The molecule has 1 nitrogen and oxygen atoms in total. The van der Waals surface area contributed by atoms with Gasteiger partial charge in [-0.2, -0.15) is 0 Å². The van der Waals surface area contributed by atoms with Crippen LogP contribution in [0.5, 0.6) is 0 Å². The van der Waals surface area contributed by atoms with Gasteiger partial charge in [0, 0.05) is 0 Å². The lowest BCUT2D eigenvalue weighted by atomic mass is 9.88. The summed E-state index contributed by atoms with van der Waals surface area (Å²) in [5.41, 5.74) is 0.867. The minimum Gasteiger partial charge on any atom is -0.388 e. The zero-order valence-corrected chi connectivity index (χ0v) is 11.9. The van der Waals surface area contributed by atoms with Crippen LogP contribution in [0.25, 0.3) is 0 Å². The maximum absolute atomic E-state index is 10.4. The van der Waals surface area contributed by atoms with Gasteiger partial charge in [0.25, 0.3) is 0 Å². The average molecular weight is 275 g/mol. The number of hydrogen-bond donors (Lipinski definition) is 1. The Kier molecular flexibility index (Phi) is 6.32. The third-order valence-corrected chi connectivity index (χ3v) is 3.79. The molecule has 1 atom stereocenters. The highest BCUT2D eigenvalue weighted by molar-refractivity contribution is 6.42. The van der Waals surface area contributed by atoms with E-state index in [9.17, 15) is 5.11 Å². The summed E-state index contributed by atoms with van der Waals surface area (Å²) in [5.74, 6) is 0.308. The molecule has 17 heavy (non-hydrogen) atoms. The van der Waals surface area contributed by atoms with Crippen LogP contribution in [0.15, 0.2) is 18.2 Å². The number of halogens is 2. The molecule has 0 radical (unpaired) electrons. The third kappa shape index (κ3) is 4.17. The lowest BCUT2D eigenvalue weighted by Crippen LogP contribution is -2.12. The molecule has 3 heteroatoms. The molecule has 96 valence electrons. The Bertz CT molecular complexity index is 346. The van der Waals surface area contributed by atoms with Crippen molar-refractivity contribution in [3.63, 3.8) is 0 Å². The van der Waals surface area contributed by atoms with Crippen LogP contribution in [-0.2, 0) is 0 Å². The van der Waals surface area contributed by atoms with Gasteiger partial charge in [-0.1, -0.05) is 56.0 Å². The maximum atomic E-state index is 10.4. The van der Waals surface area contributed by atoms with Crippen LogP contribution in [0.3, 0.4) is 0 Å². The molecule has 0 aliphatic carbocycles. The summed E-state index contributed by atoms with van der Waals surface area (Å²) in [4.78, 5) is 0. The molecular weight excluding hydrogens is 255 g/mol. The maximum Gasteiger partial charge on any atom is 0.0818 e. The first-order valence-electron chi connectivity index (χ1n) is 6.23. The van der Waals surface area contributed by atoms with Gasteiger partial charge in [-0.25, -0.2) is 0 Å². The van der Waals surface area contributed by atoms with Crippen molar-refractivity contribution in [2.75, 3.05) is 0 Å². The Morgan fingerprint density at radius 1 is 1.06 bits per heavy atom. The molecule has 0 amide bonds. The molecule has 1 rings (SSSR count). The van der Waals surface area contributed by atoms with Crippen LogP contribution in [0.1, 0.15) is 51.2 Å². The molecule has 0 bridgehead atoms. The van der Waals surface area contributed by atoms with Crippen LogP contribution in [0, 0.1) is 5.92 Å². The molecule has 0 aliphatic heterocycles. The number of hydrogen-bond acceptors (Lipinski definition) is 1. The minimum atomic E-state index is -0.440. The van der Waals surface area contributed by atoms with E-state index in [0.29, 0.717) is 16.0 Å². The van der Waals surface area contributed by atoms with Gasteiger partial charge < -0.3 is 5.11 Å². The van der Waals surface area contributed by atoms with Crippen molar-refractivity contribution in [3.05, 3.63) is 33.8 Å². The number of benzene rings is 1. The second kappa shape index (κ2) is 7.25. The fourth-order valence-corrected chi connectivity index (χ4v) is 2.48. The van der Waals surface area contributed by atoms with Crippen molar-refractivity contribution >= 4 is 23.2 Å². The van der Waals surface area contributed by atoms with Gasteiger partial charge in [-0.3, -0.25) is 0 Å². The highest BCUT2D eigenvalue weighted by Gasteiger charge is 2.19. The van der Waals surface area contributed by atoms with E-state index in [1.54, 1.807) is 12.1 Å². The van der Waals surface area contributed by atoms with Gasteiger partial charge in [-0.05, 0) is 36.5 Å². The van der Waals surface area contributed by atoms with Crippen molar-refractivity contribution in [1.29, 1.82) is 0 Å². The molecule has 0 fully saturated rings. The summed E-state index contributed by atoms with van der Waals surface area (Å²) in [6, 6.07) is 5.38. The average Bonchev–Trinajstić information content (AvgIpc) is 2.31. The Labute approximate surface area is 114 Å². The zero-order valence-electron chi connectivity index (χ0n) is 10.4. The van der Waals surface area contributed by atoms with Crippen LogP contribution in [0.4, 0.5) is 0 Å². The van der Waals surface area contributed by atoms with E-state index in [1.165, 1.54) is 0 Å². The molecule has 1 unspecified atom stereocenters. The number of aliphatic hydroxyl groups is 1. The fraction of sp³-hybridized carbons (Fsp3) is 0.571. The Morgan fingerprint density at radius 3 is 2.12 bits per heavy atom. The standard InChI is InChI=1S/C14H20Cl2O/c1-3-5-10(6-4-2)14(17)11-7-8-12(15)13(16)9-11/h7-10,14,17H,3-6H2,1-2H3. The zero-order chi connectivity index (χ0) is 12.8. The van der Waals surface area contributed by atoms with E-state index in [4.69, 9.17) is 23.2 Å². The lowest BCUT2D eigenvalue weighted by Gasteiger charge is -2.22. The van der Waals surface area contributed by atoms with E-state index in [1.807, 2.05) is 6.07 Å². The summed E-state index contributed by atoms with van der Waals surface area (Å²) in [7, 11) is 0. The number of rotatable bonds is 6. The van der Waals surface area contributed by atoms with Crippen molar-refractivity contribution in [1.82, 2.24) is 0 Å². The van der Waals surface area contributed by atoms with Gasteiger partial charge in [0.2, 0.25) is 0 Å². The molecule has 0 aliphatic rings. The van der Waals surface area contributed by atoms with Gasteiger partial charge in [-0.15, -0.1) is 0 Å². The van der Waals surface area contributed by atoms with E-state index in [-0.39, 0.29) is 0 Å². The van der Waals surface area contributed by atoms with Gasteiger partial charge in [0.05, 0.1) is 16.1 Å². The highest BCUT2D eigenvalue weighted by atomic mass is 35.5. The van der Waals surface area contributed by atoms with Crippen LogP contribution >= 0.6 is 23.2 Å². The van der Waals surface area contributed by atoms with Crippen molar-refractivity contribution in [2.24, 2.45) is 5.92 Å². The van der Waals surface area contributed by atoms with Crippen molar-refractivity contribution < 1.29 is 5.11 Å². The first-order chi connectivity index (χ1) is 8.10. The summed E-state index contributed by atoms with van der Waals surface area (Å²) < 4.78 is 0. The van der Waals surface area contributed by atoms with E-state index in [2.05, 4.69) is 13.8 Å². The van der Waals surface area contributed by atoms with Gasteiger partial charge in [0.1, 0.15) is 0 Å². The molecule has 0 saturated heterocycles. The second-order valence-corrected chi connectivity index (χ2v) is 5.27. The molecule has 0 saturated carbocycles. The van der Waals surface area contributed by atoms with Crippen LogP contribution < -0.4 is 0 Å². The lowest BCUT2D eigenvalue weighted by molar-refractivity contribution is 0.0965. The summed E-state index contributed by atoms with van der Waals surface area (Å²) >= 11 is 11.8. The molecule has 1 N–H and O–H groups in total.